The lowest BCUT2D eigenvalue weighted by Crippen LogP contribution is -2.48. The summed E-state index contributed by atoms with van der Waals surface area (Å²) >= 11 is 6.00. The van der Waals surface area contributed by atoms with Crippen molar-refractivity contribution >= 4 is 40.0 Å². The monoisotopic (exact) mass is 570 g/mol. The van der Waals surface area contributed by atoms with E-state index in [9.17, 15) is 36.7 Å². The van der Waals surface area contributed by atoms with Gasteiger partial charge in [-0.25, -0.2) is 8.78 Å². The van der Waals surface area contributed by atoms with Crippen molar-refractivity contribution in [2.45, 2.75) is 38.8 Å². The van der Waals surface area contributed by atoms with Crippen LogP contribution in [-0.4, -0.2) is 41.5 Å². The van der Waals surface area contributed by atoms with Gasteiger partial charge in [0.05, 0.1) is 13.0 Å². The minimum Gasteiger partial charge on any atom is -0.479 e. The van der Waals surface area contributed by atoms with Crippen molar-refractivity contribution in [1.29, 1.82) is 0 Å². The summed E-state index contributed by atoms with van der Waals surface area (Å²) in [7, 11) is 0. The normalized spacial score (nSPS) is 12.6. The van der Waals surface area contributed by atoms with E-state index < -0.39 is 77.3 Å². The van der Waals surface area contributed by atoms with Crippen LogP contribution in [0.25, 0.3) is 10.8 Å². The molecular formula is C26H23ClF4N2O6. The maximum absolute atomic E-state index is 13.9. The third kappa shape index (κ3) is 6.75. The lowest BCUT2D eigenvalue weighted by atomic mass is 10.1. The first kappa shape index (κ1) is 29.6. The molecule has 3 rings (SSSR count). The molecule has 1 amide bonds. The number of Topliss-reactive ketones (excluding diaryl/α,β-unsaturated/α-hetero) is 1. The Morgan fingerprint density at radius 1 is 1.03 bits per heavy atom. The lowest BCUT2D eigenvalue weighted by molar-refractivity contribution is -0.145. The van der Waals surface area contributed by atoms with Gasteiger partial charge in [-0.05, 0) is 36.9 Å². The van der Waals surface area contributed by atoms with Crippen molar-refractivity contribution in [2.75, 3.05) is 13.2 Å². The van der Waals surface area contributed by atoms with E-state index in [1.807, 2.05) is 0 Å². The highest BCUT2D eigenvalue weighted by Gasteiger charge is 2.30. The molecule has 8 nitrogen and oxygen atoms in total. The van der Waals surface area contributed by atoms with Crippen LogP contribution in [0.5, 0.6) is 5.75 Å². The molecule has 1 aromatic heterocycles. The highest BCUT2D eigenvalue weighted by atomic mass is 35.5. The topological polar surface area (TPSA) is 104 Å². The third-order valence-electron chi connectivity index (χ3n) is 5.73. The van der Waals surface area contributed by atoms with E-state index in [1.54, 1.807) is 25.1 Å². The Hall–Kier alpha value is -3.93. The number of carbonyl (C=O) groups excluding carboxylic acids is 3. The van der Waals surface area contributed by atoms with E-state index in [1.165, 1.54) is 19.2 Å². The summed E-state index contributed by atoms with van der Waals surface area (Å²) in [6.45, 7) is 1.91. The van der Waals surface area contributed by atoms with E-state index in [0.29, 0.717) is 10.4 Å². The molecule has 0 spiro atoms. The van der Waals surface area contributed by atoms with Gasteiger partial charge in [0.15, 0.2) is 23.2 Å². The Balaban J connectivity index is 1.86. The van der Waals surface area contributed by atoms with E-state index in [-0.39, 0.29) is 24.5 Å². The predicted molar refractivity (Wildman–Crippen MR) is 133 cm³/mol. The molecule has 0 radical (unpaired) electrons. The van der Waals surface area contributed by atoms with Crippen LogP contribution in [0.3, 0.4) is 0 Å². The Morgan fingerprint density at radius 2 is 1.69 bits per heavy atom. The zero-order valence-electron chi connectivity index (χ0n) is 20.7. The summed E-state index contributed by atoms with van der Waals surface area (Å²) in [5.41, 5.74) is -0.535. The van der Waals surface area contributed by atoms with E-state index >= 15 is 0 Å². The quantitative estimate of drug-likeness (QED) is 0.210. The maximum atomic E-state index is 13.9. The van der Waals surface area contributed by atoms with Gasteiger partial charge in [0.25, 0.3) is 5.56 Å². The summed E-state index contributed by atoms with van der Waals surface area (Å²) in [4.78, 5) is 51.2. The number of amides is 1. The molecule has 0 bridgehead atoms. The molecule has 3 aromatic rings. The molecule has 0 aliphatic rings. The van der Waals surface area contributed by atoms with Gasteiger partial charge in [-0.2, -0.15) is 8.78 Å². The second-order valence-electron chi connectivity index (χ2n) is 8.31. The second kappa shape index (κ2) is 12.7. The van der Waals surface area contributed by atoms with Crippen LogP contribution >= 0.6 is 11.6 Å². The van der Waals surface area contributed by atoms with E-state index in [0.717, 1.165) is 4.57 Å². The van der Waals surface area contributed by atoms with Crippen molar-refractivity contribution in [1.82, 2.24) is 9.88 Å². The van der Waals surface area contributed by atoms with Crippen LogP contribution in [0, 0.1) is 23.3 Å². The molecule has 0 saturated carbocycles. The van der Waals surface area contributed by atoms with Crippen molar-refractivity contribution in [3.63, 3.8) is 0 Å². The number of esters is 1. The molecule has 0 aliphatic carbocycles. The van der Waals surface area contributed by atoms with Gasteiger partial charge in [0.2, 0.25) is 17.5 Å². The number of hydrogen-bond acceptors (Lipinski definition) is 6. The fraction of sp³-hybridized carbons (Fsp3) is 0.308. The fourth-order valence-corrected chi connectivity index (χ4v) is 3.97. The average Bonchev–Trinajstić information content (AvgIpc) is 2.89. The molecule has 2 aromatic carbocycles. The number of ether oxygens (including phenoxy) is 2. The summed E-state index contributed by atoms with van der Waals surface area (Å²) in [5.74, 6) is -11.5. The summed E-state index contributed by atoms with van der Waals surface area (Å²) in [5, 5.41) is 3.47. The van der Waals surface area contributed by atoms with Crippen molar-refractivity contribution in [3.8, 4) is 5.75 Å². The van der Waals surface area contributed by atoms with Gasteiger partial charge in [-0.15, -0.1) is 0 Å². The molecule has 1 heterocycles. The SMILES string of the molecule is CCOC(=O)CC(NC(=O)C(CC)n1ccc2ccc(Cl)cc2c1=O)C(=O)COc1c(F)c(F)cc(F)c1F. The molecule has 0 fully saturated rings. The van der Waals surface area contributed by atoms with Gasteiger partial charge >= 0.3 is 5.97 Å². The van der Waals surface area contributed by atoms with Crippen molar-refractivity contribution in [2.24, 2.45) is 0 Å². The molecule has 39 heavy (non-hydrogen) atoms. The lowest BCUT2D eigenvalue weighted by Gasteiger charge is -2.23. The molecule has 0 saturated heterocycles. The Morgan fingerprint density at radius 3 is 2.31 bits per heavy atom. The highest BCUT2D eigenvalue weighted by Crippen LogP contribution is 2.26. The molecule has 208 valence electrons. The summed E-state index contributed by atoms with van der Waals surface area (Å²) < 4.78 is 65.4. The van der Waals surface area contributed by atoms with Crippen LogP contribution in [0.15, 0.2) is 41.3 Å². The number of pyridine rings is 1. The largest absolute Gasteiger partial charge is 0.479 e. The third-order valence-corrected chi connectivity index (χ3v) is 5.97. The van der Waals surface area contributed by atoms with Crippen molar-refractivity contribution < 1.29 is 41.4 Å². The number of nitrogens with one attached hydrogen (secondary N) is 1. The fourth-order valence-electron chi connectivity index (χ4n) is 3.80. The number of rotatable bonds is 11. The molecule has 2 atom stereocenters. The van der Waals surface area contributed by atoms with Crippen LogP contribution in [0.1, 0.15) is 32.7 Å². The molecular weight excluding hydrogens is 548 g/mol. The first-order valence-electron chi connectivity index (χ1n) is 11.7. The van der Waals surface area contributed by atoms with Gasteiger partial charge in [0, 0.05) is 22.7 Å². The number of benzene rings is 2. The number of fused-ring (bicyclic) bond motifs is 1. The first-order valence-corrected chi connectivity index (χ1v) is 12.1. The zero-order valence-corrected chi connectivity index (χ0v) is 21.5. The first-order chi connectivity index (χ1) is 18.5. The van der Waals surface area contributed by atoms with Crippen molar-refractivity contribution in [3.05, 3.63) is 75.2 Å². The number of ketones is 1. The highest BCUT2D eigenvalue weighted by molar-refractivity contribution is 6.31. The molecule has 1 N–H and O–H groups in total. The Labute approximate surface area is 224 Å². The Bertz CT molecular complexity index is 1450. The minimum absolute atomic E-state index is 0.0311. The van der Waals surface area contributed by atoms with Gasteiger partial charge < -0.3 is 19.4 Å². The van der Waals surface area contributed by atoms with E-state index in [4.69, 9.17) is 21.1 Å². The predicted octanol–water partition coefficient (Wildman–Crippen LogP) is 4.25. The average molecular weight is 571 g/mol. The minimum atomic E-state index is -1.87. The van der Waals surface area contributed by atoms with Crippen LogP contribution in [0.4, 0.5) is 17.6 Å². The number of nitrogens with zero attached hydrogens (tertiary/aromatic N) is 1. The van der Waals surface area contributed by atoms with Crippen LogP contribution in [0.2, 0.25) is 5.02 Å². The number of hydrogen-bond donors (Lipinski definition) is 1. The summed E-state index contributed by atoms with van der Waals surface area (Å²) in [6.07, 6.45) is 0.790. The van der Waals surface area contributed by atoms with E-state index in [2.05, 4.69) is 5.32 Å². The van der Waals surface area contributed by atoms with Gasteiger partial charge in [-0.3, -0.25) is 19.2 Å². The zero-order chi connectivity index (χ0) is 28.9. The van der Waals surface area contributed by atoms with Crippen LogP contribution < -0.4 is 15.6 Å². The second-order valence-corrected chi connectivity index (χ2v) is 8.74. The van der Waals surface area contributed by atoms with Gasteiger partial charge in [-0.1, -0.05) is 24.6 Å². The molecule has 2 unspecified atom stereocenters. The maximum Gasteiger partial charge on any atom is 0.308 e. The number of halogens is 5. The summed E-state index contributed by atoms with van der Waals surface area (Å²) in [6, 6.07) is 3.48. The number of carbonyl (C=O) groups is 3. The number of aromatic nitrogens is 1. The molecule has 0 aliphatic heterocycles. The Kier molecular flexibility index (Phi) is 9.68. The van der Waals surface area contributed by atoms with Gasteiger partial charge in [0.1, 0.15) is 18.7 Å². The molecule has 13 heteroatoms. The van der Waals surface area contributed by atoms with Crippen LogP contribution in [-0.2, 0) is 19.1 Å². The smallest absolute Gasteiger partial charge is 0.308 e. The standard InChI is InChI=1S/C26H23ClF4N2O6/c1-3-19(33-8-7-13-5-6-14(27)9-15(13)26(33)37)25(36)32-18(11-21(35)38-4-2)20(34)12-39-24-22(30)16(28)10-17(29)23(24)31/h5-10,18-19H,3-4,11-12H2,1-2H3,(H,32,36).